The lowest BCUT2D eigenvalue weighted by atomic mass is 10.3. The summed E-state index contributed by atoms with van der Waals surface area (Å²) in [7, 11) is 0. The minimum Gasteiger partial charge on any atom is -0.391 e. The number of rotatable bonds is 3. The molecule has 0 saturated carbocycles. The summed E-state index contributed by atoms with van der Waals surface area (Å²) in [4.78, 5) is 15.4. The Morgan fingerprint density at radius 3 is 2.67 bits per heavy atom. The normalized spacial score (nSPS) is 28.7. The molecule has 5 nitrogen and oxygen atoms in total. The molecule has 0 aliphatic carbocycles. The fourth-order valence-corrected chi connectivity index (χ4v) is 2.05. The molecule has 2 fully saturated rings. The third-order valence-electron chi connectivity index (χ3n) is 2.98. The molecule has 5 heteroatoms. The lowest BCUT2D eigenvalue weighted by Gasteiger charge is -2.28. The van der Waals surface area contributed by atoms with Crippen molar-refractivity contribution in [1.82, 2.24) is 9.80 Å². The van der Waals surface area contributed by atoms with Crippen molar-refractivity contribution in [3.63, 3.8) is 0 Å². The van der Waals surface area contributed by atoms with Crippen LogP contribution < -0.4 is 0 Å². The van der Waals surface area contributed by atoms with Gasteiger partial charge in [-0.05, 0) is 0 Å². The van der Waals surface area contributed by atoms with Crippen LogP contribution in [0.25, 0.3) is 0 Å². The van der Waals surface area contributed by atoms with E-state index in [-0.39, 0.29) is 5.91 Å². The molecule has 2 heterocycles. The number of ether oxygens (including phenoxy) is 1. The number of amides is 1. The van der Waals surface area contributed by atoms with Crippen molar-refractivity contribution in [2.45, 2.75) is 12.5 Å². The molecule has 15 heavy (non-hydrogen) atoms. The van der Waals surface area contributed by atoms with Gasteiger partial charge in [0.25, 0.3) is 0 Å². The Hall–Kier alpha value is -0.650. The summed E-state index contributed by atoms with van der Waals surface area (Å²) in [5.74, 6) is 0.0794. The fourth-order valence-electron chi connectivity index (χ4n) is 2.05. The first-order chi connectivity index (χ1) is 7.25. The van der Waals surface area contributed by atoms with E-state index >= 15 is 0 Å². The van der Waals surface area contributed by atoms with Gasteiger partial charge in [0.15, 0.2) is 0 Å². The van der Waals surface area contributed by atoms with Crippen LogP contribution in [0.4, 0.5) is 0 Å². The summed E-state index contributed by atoms with van der Waals surface area (Å²) in [6.45, 7) is 5.60. The van der Waals surface area contributed by atoms with Crippen molar-refractivity contribution in [3.8, 4) is 0 Å². The second kappa shape index (κ2) is 4.92. The highest BCUT2D eigenvalue weighted by atomic mass is 16.5. The predicted molar refractivity (Wildman–Crippen MR) is 54.5 cm³/mol. The molecule has 1 unspecified atom stereocenters. The zero-order valence-electron chi connectivity index (χ0n) is 8.89. The van der Waals surface area contributed by atoms with Crippen LogP contribution >= 0.6 is 0 Å². The maximum absolute atomic E-state index is 11.4. The number of carbonyl (C=O) groups excluding carboxylic acids is 1. The quantitative estimate of drug-likeness (QED) is 0.649. The van der Waals surface area contributed by atoms with Gasteiger partial charge in [-0.15, -0.1) is 0 Å². The minimum absolute atomic E-state index is 0.0794. The molecule has 2 aliphatic rings. The maximum Gasteiger partial charge on any atom is 0.225 e. The number of carbonyl (C=O) groups is 1. The molecule has 0 radical (unpaired) electrons. The average Bonchev–Trinajstić information content (AvgIpc) is 2.56. The summed E-state index contributed by atoms with van der Waals surface area (Å²) >= 11 is 0. The van der Waals surface area contributed by atoms with E-state index in [0.29, 0.717) is 13.0 Å². The van der Waals surface area contributed by atoms with Gasteiger partial charge in [0.1, 0.15) is 0 Å². The van der Waals surface area contributed by atoms with Gasteiger partial charge in [0.2, 0.25) is 5.91 Å². The van der Waals surface area contributed by atoms with Crippen LogP contribution in [0, 0.1) is 0 Å². The highest BCUT2D eigenvalue weighted by Crippen LogP contribution is 2.10. The molecule has 1 atom stereocenters. The summed E-state index contributed by atoms with van der Waals surface area (Å²) in [5, 5.41) is 9.31. The number of aliphatic hydroxyl groups excluding tert-OH is 1. The van der Waals surface area contributed by atoms with Crippen LogP contribution in [0.3, 0.4) is 0 Å². The van der Waals surface area contributed by atoms with Crippen LogP contribution in [0.1, 0.15) is 6.42 Å². The molecule has 0 aromatic rings. The Kier molecular flexibility index (Phi) is 3.56. The Morgan fingerprint density at radius 1 is 1.33 bits per heavy atom. The standard InChI is InChI=1S/C10H18N2O3/c13-9-7-10(14)12(8-9)2-1-11-3-5-15-6-4-11/h9,13H,1-8H2. The van der Waals surface area contributed by atoms with Crippen LogP contribution in [-0.2, 0) is 9.53 Å². The van der Waals surface area contributed by atoms with Gasteiger partial charge in [-0.1, -0.05) is 0 Å². The molecule has 1 N–H and O–H groups in total. The first-order valence-electron chi connectivity index (χ1n) is 5.51. The highest BCUT2D eigenvalue weighted by molar-refractivity contribution is 5.78. The van der Waals surface area contributed by atoms with Crippen molar-refractivity contribution < 1.29 is 14.6 Å². The van der Waals surface area contributed by atoms with Gasteiger partial charge < -0.3 is 14.7 Å². The Labute approximate surface area is 89.6 Å². The molecule has 2 aliphatic heterocycles. The van der Waals surface area contributed by atoms with Crippen molar-refractivity contribution in [1.29, 1.82) is 0 Å². The van der Waals surface area contributed by atoms with Gasteiger partial charge >= 0.3 is 0 Å². The fraction of sp³-hybridized carbons (Fsp3) is 0.900. The molecule has 0 aromatic carbocycles. The summed E-state index contributed by atoms with van der Waals surface area (Å²) in [6.07, 6.45) is -0.162. The largest absolute Gasteiger partial charge is 0.391 e. The first kappa shape index (κ1) is 10.9. The molecule has 2 saturated heterocycles. The monoisotopic (exact) mass is 214 g/mol. The van der Waals surface area contributed by atoms with E-state index in [2.05, 4.69) is 4.90 Å². The molecular weight excluding hydrogens is 196 g/mol. The summed E-state index contributed by atoms with van der Waals surface area (Å²) in [6, 6.07) is 0. The molecule has 0 spiro atoms. The molecule has 86 valence electrons. The number of hydrogen-bond donors (Lipinski definition) is 1. The van der Waals surface area contributed by atoms with Crippen LogP contribution in [0.5, 0.6) is 0 Å². The number of nitrogens with zero attached hydrogens (tertiary/aromatic N) is 2. The number of hydrogen-bond acceptors (Lipinski definition) is 4. The van der Waals surface area contributed by atoms with E-state index < -0.39 is 6.10 Å². The lowest BCUT2D eigenvalue weighted by Crippen LogP contribution is -2.41. The van der Waals surface area contributed by atoms with Gasteiger partial charge in [0.05, 0.1) is 25.7 Å². The zero-order valence-corrected chi connectivity index (χ0v) is 8.89. The second-order valence-electron chi connectivity index (χ2n) is 4.15. The summed E-state index contributed by atoms with van der Waals surface area (Å²) in [5.41, 5.74) is 0. The van der Waals surface area contributed by atoms with Crippen molar-refractivity contribution >= 4 is 5.91 Å². The van der Waals surface area contributed by atoms with E-state index in [9.17, 15) is 9.90 Å². The van der Waals surface area contributed by atoms with Crippen LogP contribution in [-0.4, -0.2) is 72.9 Å². The third-order valence-corrected chi connectivity index (χ3v) is 2.98. The van der Waals surface area contributed by atoms with Gasteiger partial charge in [-0.25, -0.2) is 0 Å². The number of β-amino-alcohol motifs (C(OH)–C–C–N with tert-alkyl or cyclic N) is 1. The first-order valence-corrected chi connectivity index (χ1v) is 5.51. The summed E-state index contributed by atoms with van der Waals surface area (Å²) < 4.78 is 5.25. The Balaban J connectivity index is 1.70. The van der Waals surface area contributed by atoms with Gasteiger partial charge in [-0.2, -0.15) is 0 Å². The Bertz CT molecular complexity index is 229. The van der Waals surface area contributed by atoms with Crippen molar-refractivity contribution in [2.24, 2.45) is 0 Å². The maximum atomic E-state index is 11.4. The minimum atomic E-state index is -0.456. The number of morpholine rings is 1. The molecule has 2 rings (SSSR count). The van der Waals surface area contributed by atoms with Crippen LogP contribution in [0.2, 0.25) is 0 Å². The number of aliphatic hydroxyl groups is 1. The molecular formula is C10H18N2O3. The smallest absolute Gasteiger partial charge is 0.225 e. The average molecular weight is 214 g/mol. The molecule has 0 bridgehead atoms. The lowest BCUT2D eigenvalue weighted by molar-refractivity contribution is -0.128. The third kappa shape index (κ3) is 2.90. The van der Waals surface area contributed by atoms with Crippen molar-refractivity contribution in [3.05, 3.63) is 0 Å². The number of likely N-dealkylation sites (tertiary alicyclic amines) is 1. The predicted octanol–water partition coefficient (Wildman–Crippen LogP) is -1.09. The van der Waals surface area contributed by atoms with Gasteiger partial charge in [0, 0.05) is 32.7 Å². The van der Waals surface area contributed by atoms with E-state index in [1.54, 1.807) is 4.90 Å². The highest BCUT2D eigenvalue weighted by Gasteiger charge is 2.27. The van der Waals surface area contributed by atoms with E-state index in [1.807, 2.05) is 0 Å². The zero-order chi connectivity index (χ0) is 10.7. The van der Waals surface area contributed by atoms with Crippen LogP contribution in [0.15, 0.2) is 0 Å². The second-order valence-corrected chi connectivity index (χ2v) is 4.15. The Morgan fingerprint density at radius 2 is 2.07 bits per heavy atom. The van der Waals surface area contributed by atoms with E-state index in [0.717, 1.165) is 39.4 Å². The van der Waals surface area contributed by atoms with E-state index in [4.69, 9.17) is 4.74 Å². The van der Waals surface area contributed by atoms with Gasteiger partial charge in [-0.3, -0.25) is 9.69 Å². The SMILES string of the molecule is O=C1CC(O)CN1CCN1CCOCC1. The molecule has 1 amide bonds. The molecule has 0 aromatic heterocycles. The van der Waals surface area contributed by atoms with Crippen molar-refractivity contribution in [2.75, 3.05) is 45.9 Å². The van der Waals surface area contributed by atoms with E-state index in [1.165, 1.54) is 0 Å². The topological polar surface area (TPSA) is 53.0 Å².